The molecule has 0 saturated heterocycles. The molecule has 2 saturated carbocycles. The Hall–Kier alpha value is -2.40. The molecule has 5 heteroatoms. The molecule has 0 radical (unpaired) electrons. The number of esters is 2. The fraction of sp³-hybridized carbons (Fsp3) is 0.647. The van der Waals surface area contributed by atoms with Crippen molar-refractivity contribution in [2.45, 2.75) is 109 Å². The summed E-state index contributed by atoms with van der Waals surface area (Å²) < 4.78 is 10.9. The van der Waals surface area contributed by atoms with Crippen LogP contribution in [-0.4, -0.2) is 35.9 Å². The maximum absolute atomic E-state index is 12.4. The molecule has 0 aliphatic heterocycles. The number of ether oxygens (including phenoxy) is 2. The Kier molecular flexibility index (Phi) is 11.4. The van der Waals surface area contributed by atoms with Gasteiger partial charge in [0.25, 0.3) is 0 Å². The number of rotatable bonds is 12. The summed E-state index contributed by atoms with van der Waals surface area (Å²) in [6.45, 7) is 14.3. The highest BCUT2D eigenvalue weighted by Crippen LogP contribution is 2.44. The first-order valence-corrected chi connectivity index (χ1v) is 15.0. The van der Waals surface area contributed by atoms with Crippen molar-refractivity contribution in [1.82, 2.24) is 0 Å². The maximum Gasteiger partial charge on any atom is 0.336 e. The van der Waals surface area contributed by atoms with Gasteiger partial charge < -0.3 is 14.6 Å². The van der Waals surface area contributed by atoms with Gasteiger partial charge in [0, 0.05) is 5.57 Å². The van der Waals surface area contributed by atoms with E-state index in [2.05, 4.69) is 44.3 Å². The van der Waals surface area contributed by atoms with Crippen LogP contribution in [0.3, 0.4) is 0 Å². The number of benzene rings is 1. The van der Waals surface area contributed by atoms with E-state index in [9.17, 15) is 14.7 Å². The van der Waals surface area contributed by atoms with E-state index in [0.29, 0.717) is 11.5 Å². The summed E-state index contributed by atoms with van der Waals surface area (Å²) in [7, 11) is 0. The van der Waals surface area contributed by atoms with Gasteiger partial charge in [0.1, 0.15) is 13.2 Å². The Morgan fingerprint density at radius 3 is 1.90 bits per heavy atom. The highest BCUT2D eigenvalue weighted by Gasteiger charge is 2.31. The zero-order valence-corrected chi connectivity index (χ0v) is 24.7. The summed E-state index contributed by atoms with van der Waals surface area (Å²) in [6.07, 6.45) is 13.6. The molecule has 2 aliphatic rings. The summed E-state index contributed by atoms with van der Waals surface area (Å²) in [5.74, 6) is 1.91. The van der Waals surface area contributed by atoms with Crippen LogP contribution in [0.1, 0.15) is 115 Å². The van der Waals surface area contributed by atoms with E-state index >= 15 is 0 Å². The third kappa shape index (κ3) is 9.06. The number of aliphatic hydroxyl groups is 1. The van der Waals surface area contributed by atoms with Crippen LogP contribution in [0.2, 0.25) is 0 Å². The maximum atomic E-state index is 12.4. The molecule has 5 nitrogen and oxygen atoms in total. The van der Waals surface area contributed by atoms with Gasteiger partial charge in [-0.3, -0.25) is 0 Å². The lowest BCUT2D eigenvalue weighted by Gasteiger charge is -2.38. The number of hydrogen-bond donors (Lipinski definition) is 1. The van der Waals surface area contributed by atoms with Crippen molar-refractivity contribution in [3.63, 3.8) is 0 Å². The van der Waals surface area contributed by atoms with Crippen LogP contribution < -0.4 is 0 Å². The predicted octanol–water partition coefficient (Wildman–Crippen LogP) is 7.64. The Bertz CT molecular complexity index is 970. The van der Waals surface area contributed by atoms with Crippen molar-refractivity contribution in [1.29, 1.82) is 0 Å². The minimum Gasteiger partial charge on any atom is -0.462 e. The number of carbonyl (C=O) groups excluding carboxylic acids is 2. The minimum absolute atomic E-state index is 0.0138. The molecule has 1 aromatic rings. The normalized spacial score (nSPS) is 24.4. The lowest BCUT2D eigenvalue weighted by Crippen LogP contribution is -2.29. The van der Waals surface area contributed by atoms with Crippen molar-refractivity contribution >= 4 is 11.9 Å². The zero-order valence-electron chi connectivity index (χ0n) is 24.7. The van der Waals surface area contributed by atoms with E-state index in [4.69, 9.17) is 9.47 Å². The summed E-state index contributed by atoms with van der Waals surface area (Å²) >= 11 is 0. The molecule has 0 aromatic heterocycles. The first-order valence-electron chi connectivity index (χ1n) is 15.0. The van der Waals surface area contributed by atoms with E-state index in [-0.39, 0.29) is 24.7 Å². The lowest BCUT2D eigenvalue weighted by molar-refractivity contribution is -0.143. The van der Waals surface area contributed by atoms with Gasteiger partial charge in [-0.1, -0.05) is 70.0 Å². The quantitative estimate of drug-likeness (QED) is 0.219. The molecular formula is C34H50O5. The second-order valence-electron chi connectivity index (χ2n) is 12.6. The third-order valence-corrected chi connectivity index (χ3v) is 9.07. The highest BCUT2D eigenvalue weighted by atomic mass is 16.5. The zero-order chi connectivity index (χ0) is 28.6. The lowest BCUT2D eigenvalue weighted by atomic mass is 9.68. The summed E-state index contributed by atoms with van der Waals surface area (Å²) in [6, 6.07) is 8.49. The first kappa shape index (κ1) is 31.1. The van der Waals surface area contributed by atoms with Crippen molar-refractivity contribution in [3.05, 3.63) is 59.7 Å². The minimum atomic E-state index is -1.37. The molecule has 1 unspecified atom stereocenters. The largest absolute Gasteiger partial charge is 0.462 e. The van der Waals surface area contributed by atoms with Crippen LogP contribution in [0.5, 0.6) is 0 Å². The van der Waals surface area contributed by atoms with Gasteiger partial charge in [0.2, 0.25) is 0 Å². The van der Waals surface area contributed by atoms with Gasteiger partial charge in [-0.2, -0.15) is 0 Å². The molecular weight excluding hydrogens is 488 g/mol. The van der Waals surface area contributed by atoms with Crippen molar-refractivity contribution in [2.24, 2.45) is 17.8 Å². The van der Waals surface area contributed by atoms with Gasteiger partial charge in [-0.25, -0.2) is 9.59 Å². The van der Waals surface area contributed by atoms with Crippen molar-refractivity contribution in [2.75, 3.05) is 13.2 Å². The third-order valence-electron chi connectivity index (χ3n) is 9.07. The number of hydrogen-bond acceptors (Lipinski definition) is 5. The topological polar surface area (TPSA) is 72.8 Å². The molecule has 1 N–H and O–H groups in total. The molecule has 1 aromatic carbocycles. The molecule has 0 spiro atoms. The average molecular weight is 539 g/mol. The molecule has 1 atom stereocenters. The van der Waals surface area contributed by atoms with Crippen molar-refractivity contribution in [3.8, 4) is 0 Å². The second kappa shape index (κ2) is 14.3. The van der Waals surface area contributed by atoms with Gasteiger partial charge >= 0.3 is 11.9 Å². The molecule has 216 valence electrons. The van der Waals surface area contributed by atoms with Gasteiger partial charge in [-0.15, -0.1) is 0 Å². The van der Waals surface area contributed by atoms with Crippen molar-refractivity contribution < 1.29 is 24.2 Å². The summed E-state index contributed by atoms with van der Waals surface area (Å²) in [5.41, 5.74) is 1.23. The second-order valence-corrected chi connectivity index (χ2v) is 12.6. The molecule has 3 rings (SSSR count). The average Bonchev–Trinajstić information content (AvgIpc) is 2.92. The Labute approximate surface area is 236 Å². The molecule has 0 amide bonds. The molecule has 2 aliphatic carbocycles. The highest BCUT2D eigenvalue weighted by molar-refractivity contribution is 5.89. The Morgan fingerprint density at radius 1 is 0.897 bits per heavy atom. The summed E-state index contributed by atoms with van der Waals surface area (Å²) in [5, 5.41) is 10.1. The van der Waals surface area contributed by atoms with Crippen LogP contribution in [0.4, 0.5) is 0 Å². The van der Waals surface area contributed by atoms with E-state index in [1.165, 1.54) is 83.6 Å². The van der Waals surface area contributed by atoms with Crippen LogP contribution in [0, 0.1) is 17.8 Å². The molecule has 0 heterocycles. The molecule has 0 bridgehead atoms. The Balaban J connectivity index is 1.58. The van der Waals surface area contributed by atoms with Crippen LogP contribution in [-0.2, 0) is 19.1 Å². The monoisotopic (exact) mass is 538 g/mol. The fourth-order valence-electron chi connectivity index (χ4n) is 6.37. The van der Waals surface area contributed by atoms with E-state index < -0.39 is 17.5 Å². The van der Waals surface area contributed by atoms with Crippen LogP contribution in [0.25, 0.3) is 0 Å². The predicted molar refractivity (Wildman–Crippen MR) is 156 cm³/mol. The van der Waals surface area contributed by atoms with Gasteiger partial charge in [0.15, 0.2) is 0 Å². The van der Waals surface area contributed by atoms with Crippen LogP contribution >= 0.6 is 0 Å². The van der Waals surface area contributed by atoms with E-state index in [1.807, 2.05) is 0 Å². The Morgan fingerprint density at radius 2 is 1.41 bits per heavy atom. The molecule has 2 fully saturated rings. The SMILES string of the molecule is C=C(C)C(=O)OCC(COC(=O)C(=C)C(C)(C)O)c1ccc(C2CCC(C3CCC(CCC)CC3)CC2)cc1. The van der Waals surface area contributed by atoms with Crippen LogP contribution in [0.15, 0.2) is 48.6 Å². The van der Waals surface area contributed by atoms with E-state index in [0.717, 1.165) is 23.3 Å². The van der Waals surface area contributed by atoms with Gasteiger partial charge in [0.05, 0.1) is 17.1 Å². The fourth-order valence-corrected chi connectivity index (χ4v) is 6.37. The smallest absolute Gasteiger partial charge is 0.336 e. The molecule has 39 heavy (non-hydrogen) atoms. The van der Waals surface area contributed by atoms with E-state index in [1.54, 1.807) is 6.92 Å². The standard InChI is InChI=1S/C34H50O5/c1-7-8-25-9-11-26(12-10-25)27-13-15-28(16-14-27)29-17-19-30(20-18-29)31(21-38-32(35)23(2)3)22-39-33(36)24(4)34(5,6)37/h17-20,25-28,31,37H,2,4,7-16,21-22H2,1,3,5-6H3. The first-order chi connectivity index (χ1) is 18.5. The number of carbonyl (C=O) groups is 2. The summed E-state index contributed by atoms with van der Waals surface area (Å²) in [4.78, 5) is 24.4. The van der Waals surface area contributed by atoms with Gasteiger partial charge in [-0.05, 0) is 94.1 Å².